The van der Waals surface area contributed by atoms with Gasteiger partial charge < -0.3 is 4.74 Å². The predicted octanol–water partition coefficient (Wildman–Crippen LogP) is 3.04. The van der Waals surface area contributed by atoms with E-state index in [-0.39, 0.29) is 6.10 Å². The van der Waals surface area contributed by atoms with Crippen molar-refractivity contribution in [1.82, 2.24) is 5.06 Å². The molecule has 3 atom stereocenters. The van der Waals surface area contributed by atoms with Crippen LogP contribution in [0.3, 0.4) is 0 Å². The number of hydroxylamine groups is 2. The fraction of sp³-hybridized carbons (Fsp3) is 0.714. The Hall–Kier alpha value is -0.640. The van der Waals surface area contributed by atoms with E-state index in [0.717, 1.165) is 13.0 Å². The maximum absolute atomic E-state index is 5.86. The van der Waals surface area contributed by atoms with Gasteiger partial charge in [0, 0.05) is 25.6 Å². The second kappa shape index (κ2) is 9.40. The predicted molar refractivity (Wildman–Crippen MR) is 72.8 cm³/mol. The van der Waals surface area contributed by atoms with Crippen molar-refractivity contribution in [2.75, 3.05) is 20.3 Å². The molecule has 0 radical (unpaired) electrons. The van der Waals surface area contributed by atoms with Crippen LogP contribution >= 0.6 is 0 Å². The average Bonchev–Trinajstić information content (AvgIpc) is 2.32. The van der Waals surface area contributed by atoms with Gasteiger partial charge in [-0.05, 0) is 20.3 Å². The average molecular weight is 241 g/mol. The molecule has 0 N–H and O–H groups in total. The quantitative estimate of drug-likeness (QED) is 0.433. The summed E-state index contributed by atoms with van der Waals surface area (Å²) >= 11 is 0. The van der Waals surface area contributed by atoms with E-state index in [1.807, 2.05) is 31.2 Å². The van der Waals surface area contributed by atoms with E-state index in [1.54, 1.807) is 0 Å². The third-order valence-electron chi connectivity index (χ3n) is 2.79. The van der Waals surface area contributed by atoms with Crippen LogP contribution in [0.2, 0.25) is 0 Å². The highest BCUT2D eigenvalue weighted by Gasteiger charge is 2.19. The minimum Gasteiger partial charge on any atom is -0.381 e. The fourth-order valence-corrected chi connectivity index (χ4v) is 1.46. The zero-order chi connectivity index (χ0) is 13.3. The van der Waals surface area contributed by atoms with Crippen LogP contribution in [0.25, 0.3) is 0 Å². The molecule has 0 aromatic rings. The van der Waals surface area contributed by atoms with Crippen LogP contribution in [0, 0.1) is 5.92 Å². The van der Waals surface area contributed by atoms with Crippen LogP contribution in [-0.4, -0.2) is 37.5 Å². The molecule has 3 nitrogen and oxygen atoms in total. The lowest BCUT2D eigenvalue weighted by atomic mass is 10.1. The molecule has 0 saturated carbocycles. The zero-order valence-electron chi connectivity index (χ0n) is 11.7. The molecule has 0 aliphatic heterocycles. The molecular weight excluding hydrogens is 214 g/mol. The first kappa shape index (κ1) is 16.4. The van der Waals surface area contributed by atoms with E-state index in [0.29, 0.717) is 18.6 Å². The Kier molecular flexibility index (Phi) is 9.04. The maximum Gasteiger partial charge on any atom is 0.102 e. The summed E-state index contributed by atoms with van der Waals surface area (Å²) in [5.74, 6) is 0.297. The molecule has 0 aromatic carbocycles. The summed E-state index contributed by atoms with van der Waals surface area (Å²) in [4.78, 5) is 5.86. The number of hydrogen-bond acceptors (Lipinski definition) is 3. The molecule has 0 rings (SSSR count). The van der Waals surface area contributed by atoms with Crippen molar-refractivity contribution in [3.05, 3.63) is 25.3 Å². The monoisotopic (exact) mass is 241 g/mol. The summed E-state index contributed by atoms with van der Waals surface area (Å²) in [6.07, 6.45) is 4.62. The van der Waals surface area contributed by atoms with Crippen LogP contribution < -0.4 is 0 Å². The molecular formula is C14H27NO2. The van der Waals surface area contributed by atoms with Gasteiger partial charge in [0.05, 0.1) is 6.61 Å². The number of rotatable bonds is 10. The largest absolute Gasteiger partial charge is 0.381 e. The lowest BCUT2D eigenvalue weighted by molar-refractivity contribution is -0.202. The first-order valence-electron chi connectivity index (χ1n) is 6.27. The Balaban J connectivity index is 4.18. The molecule has 0 fully saturated rings. The third kappa shape index (κ3) is 6.61. The van der Waals surface area contributed by atoms with Gasteiger partial charge in [0.25, 0.3) is 0 Å². The van der Waals surface area contributed by atoms with E-state index in [2.05, 4.69) is 27.0 Å². The molecule has 17 heavy (non-hydrogen) atoms. The number of nitrogens with zero attached hydrogens (tertiary/aromatic N) is 1. The van der Waals surface area contributed by atoms with Crippen LogP contribution in [-0.2, 0) is 9.57 Å². The summed E-state index contributed by atoms with van der Waals surface area (Å²) in [5, 5.41) is 1.87. The van der Waals surface area contributed by atoms with Crippen molar-refractivity contribution >= 4 is 0 Å². The van der Waals surface area contributed by atoms with Gasteiger partial charge in [-0.3, -0.25) is 4.84 Å². The summed E-state index contributed by atoms with van der Waals surface area (Å²) in [7, 11) is 1.94. The highest BCUT2D eigenvalue weighted by molar-refractivity contribution is 4.84. The molecule has 0 bridgehead atoms. The van der Waals surface area contributed by atoms with Crippen LogP contribution in [0.1, 0.15) is 27.2 Å². The van der Waals surface area contributed by atoms with Gasteiger partial charge in [-0.25, -0.2) is 0 Å². The van der Waals surface area contributed by atoms with Crippen molar-refractivity contribution in [2.45, 2.75) is 39.3 Å². The number of hydrogen-bond donors (Lipinski definition) is 0. The molecule has 100 valence electrons. The van der Waals surface area contributed by atoms with E-state index in [1.165, 1.54) is 0 Å². The standard InChI is InChI=1S/C14H27NO2/c1-7-10-13(5)15(6)17-14(8-2)12(4)11-16-9-3/h7-8,12-14H,1-2,9-11H2,3-6H3/t12-,13-,14+/m1/s1. The maximum atomic E-state index is 5.86. The van der Waals surface area contributed by atoms with Crippen molar-refractivity contribution in [1.29, 1.82) is 0 Å². The number of ether oxygens (including phenoxy) is 1. The Morgan fingerprint density at radius 2 is 1.94 bits per heavy atom. The van der Waals surface area contributed by atoms with Crippen molar-refractivity contribution < 1.29 is 9.57 Å². The lowest BCUT2D eigenvalue weighted by Crippen LogP contribution is -2.36. The molecule has 0 unspecified atom stereocenters. The smallest absolute Gasteiger partial charge is 0.102 e. The summed E-state index contributed by atoms with van der Waals surface area (Å²) in [6, 6.07) is 0.314. The van der Waals surface area contributed by atoms with Crippen LogP contribution in [0.15, 0.2) is 25.3 Å². The summed E-state index contributed by atoms with van der Waals surface area (Å²) in [6.45, 7) is 15.2. The van der Waals surface area contributed by atoms with Gasteiger partial charge in [-0.15, -0.1) is 13.2 Å². The Morgan fingerprint density at radius 1 is 1.29 bits per heavy atom. The summed E-state index contributed by atoms with van der Waals surface area (Å²) < 4.78 is 5.41. The van der Waals surface area contributed by atoms with E-state index >= 15 is 0 Å². The molecule has 0 aromatic heterocycles. The van der Waals surface area contributed by atoms with Crippen LogP contribution in [0.5, 0.6) is 0 Å². The molecule has 0 saturated heterocycles. The van der Waals surface area contributed by atoms with E-state index < -0.39 is 0 Å². The molecule has 3 heteroatoms. The fourth-order valence-electron chi connectivity index (χ4n) is 1.46. The third-order valence-corrected chi connectivity index (χ3v) is 2.79. The first-order valence-corrected chi connectivity index (χ1v) is 6.27. The Labute approximate surface area is 106 Å². The molecule has 0 heterocycles. The van der Waals surface area contributed by atoms with E-state index in [4.69, 9.17) is 9.57 Å². The van der Waals surface area contributed by atoms with Gasteiger partial charge in [0.15, 0.2) is 0 Å². The van der Waals surface area contributed by atoms with Crippen molar-refractivity contribution in [3.8, 4) is 0 Å². The topological polar surface area (TPSA) is 21.7 Å². The minimum absolute atomic E-state index is 0.0150. The van der Waals surface area contributed by atoms with Crippen molar-refractivity contribution in [2.24, 2.45) is 5.92 Å². The van der Waals surface area contributed by atoms with Gasteiger partial charge >= 0.3 is 0 Å². The van der Waals surface area contributed by atoms with Gasteiger partial charge in [0.1, 0.15) is 6.10 Å². The van der Waals surface area contributed by atoms with Gasteiger partial charge in [-0.2, -0.15) is 5.06 Å². The van der Waals surface area contributed by atoms with Gasteiger partial charge in [-0.1, -0.05) is 19.1 Å². The second-order valence-corrected chi connectivity index (χ2v) is 4.36. The van der Waals surface area contributed by atoms with Gasteiger partial charge in [0.2, 0.25) is 0 Å². The molecule has 0 aliphatic carbocycles. The Morgan fingerprint density at radius 3 is 2.41 bits per heavy atom. The van der Waals surface area contributed by atoms with Crippen molar-refractivity contribution in [3.63, 3.8) is 0 Å². The van der Waals surface area contributed by atoms with E-state index in [9.17, 15) is 0 Å². The summed E-state index contributed by atoms with van der Waals surface area (Å²) in [5.41, 5.74) is 0. The molecule has 0 spiro atoms. The first-order chi connectivity index (χ1) is 8.06. The highest BCUT2D eigenvalue weighted by Crippen LogP contribution is 2.13. The van der Waals surface area contributed by atoms with Crippen LogP contribution in [0.4, 0.5) is 0 Å². The lowest BCUT2D eigenvalue weighted by Gasteiger charge is -2.29. The molecule has 0 amide bonds. The Bertz CT molecular complexity index is 218. The SMILES string of the molecule is C=CC[C@@H](C)N(C)O[C@@H](C=C)[C@H](C)COCC. The molecule has 0 aliphatic rings. The highest BCUT2D eigenvalue weighted by atomic mass is 16.7. The minimum atomic E-state index is -0.0150. The zero-order valence-corrected chi connectivity index (χ0v) is 11.7. The second-order valence-electron chi connectivity index (χ2n) is 4.36. The normalized spacial score (nSPS) is 16.5.